The molecule has 0 unspecified atom stereocenters. The zero-order valence-electron chi connectivity index (χ0n) is 23.0. The third-order valence-electron chi connectivity index (χ3n) is 8.39. The van der Waals surface area contributed by atoms with E-state index in [2.05, 4.69) is 88.9 Å². The Labute approximate surface area is 229 Å². The maximum atomic E-state index is 7.09. The summed E-state index contributed by atoms with van der Waals surface area (Å²) in [6, 6.07) is 21.4. The number of para-hydroxylation sites is 1. The smallest absolute Gasteiger partial charge is 0.0841 e. The number of benzene rings is 3. The first kappa shape index (κ1) is 26.3. The highest BCUT2D eigenvalue weighted by Gasteiger charge is 2.24. The van der Waals surface area contributed by atoms with Crippen molar-refractivity contribution in [2.75, 3.05) is 33.5 Å². The average Bonchev–Trinajstić information content (AvgIpc) is 2.97. The molecule has 202 valence electrons. The Hall–Kier alpha value is -3.34. The Morgan fingerprint density at radius 1 is 0.684 bits per heavy atom. The SMILES string of the molecule is Cc1c(Nc2ccccc2)c(NCc2ccccc2)c(N)c(NC2CCCCC2)c1NCC1CCCCC1. The van der Waals surface area contributed by atoms with Gasteiger partial charge in [0.2, 0.25) is 0 Å². The van der Waals surface area contributed by atoms with Gasteiger partial charge in [-0.2, -0.15) is 0 Å². The van der Waals surface area contributed by atoms with E-state index in [0.717, 1.165) is 46.6 Å². The molecule has 6 N–H and O–H groups in total. The van der Waals surface area contributed by atoms with E-state index in [-0.39, 0.29) is 0 Å². The van der Waals surface area contributed by atoms with Crippen molar-refractivity contribution >= 4 is 34.1 Å². The summed E-state index contributed by atoms with van der Waals surface area (Å²) in [6.45, 7) is 3.94. The zero-order valence-corrected chi connectivity index (χ0v) is 23.0. The fraction of sp³-hybridized carbons (Fsp3) is 0.455. The molecule has 0 radical (unpaired) electrons. The average molecular weight is 512 g/mol. The van der Waals surface area contributed by atoms with Gasteiger partial charge >= 0.3 is 0 Å². The Kier molecular flexibility index (Phi) is 8.95. The molecule has 0 aromatic heterocycles. The second kappa shape index (κ2) is 12.9. The van der Waals surface area contributed by atoms with Gasteiger partial charge in [0, 0.05) is 30.4 Å². The molecule has 5 rings (SSSR count). The van der Waals surface area contributed by atoms with Gasteiger partial charge in [-0.15, -0.1) is 0 Å². The number of hydrogen-bond acceptors (Lipinski definition) is 5. The van der Waals surface area contributed by atoms with Crippen LogP contribution in [0, 0.1) is 12.8 Å². The molecule has 38 heavy (non-hydrogen) atoms. The lowest BCUT2D eigenvalue weighted by Gasteiger charge is -2.31. The third-order valence-corrected chi connectivity index (χ3v) is 8.39. The molecular weight excluding hydrogens is 466 g/mol. The van der Waals surface area contributed by atoms with Crippen LogP contribution in [0.1, 0.15) is 75.3 Å². The molecule has 0 atom stereocenters. The van der Waals surface area contributed by atoms with Gasteiger partial charge in [0.15, 0.2) is 0 Å². The van der Waals surface area contributed by atoms with Gasteiger partial charge < -0.3 is 27.0 Å². The van der Waals surface area contributed by atoms with Crippen molar-refractivity contribution < 1.29 is 0 Å². The van der Waals surface area contributed by atoms with Crippen LogP contribution in [0.2, 0.25) is 0 Å². The molecule has 0 heterocycles. The predicted octanol–water partition coefficient (Wildman–Crippen LogP) is 8.67. The van der Waals surface area contributed by atoms with Crippen LogP contribution >= 0.6 is 0 Å². The molecule has 2 fully saturated rings. The van der Waals surface area contributed by atoms with Gasteiger partial charge in [0.25, 0.3) is 0 Å². The Balaban J connectivity index is 1.53. The Morgan fingerprint density at radius 2 is 1.32 bits per heavy atom. The van der Waals surface area contributed by atoms with Crippen LogP contribution in [0.5, 0.6) is 0 Å². The normalized spacial score (nSPS) is 16.7. The molecule has 0 saturated heterocycles. The van der Waals surface area contributed by atoms with Crippen LogP contribution in [-0.2, 0) is 6.54 Å². The van der Waals surface area contributed by atoms with Crippen molar-refractivity contribution in [1.82, 2.24) is 0 Å². The van der Waals surface area contributed by atoms with E-state index >= 15 is 0 Å². The molecule has 0 bridgehead atoms. The maximum Gasteiger partial charge on any atom is 0.0841 e. The molecule has 2 saturated carbocycles. The summed E-state index contributed by atoms with van der Waals surface area (Å²) >= 11 is 0. The van der Waals surface area contributed by atoms with Crippen LogP contribution in [0.15, 0.2) is 60.7 Å². The van der Waals surface area contributed by atoms with Crippen LogP contribution in [0.25, 0.3) is 0 Å². The maximum absolute atomic E-state index is 7.09. The first-order valence-corrected chi connectivity index (χ1v) is 14.8. The second-order valence-corrected chi connectivity index (χ2v) is 11.2. The number of hydrogen-bond donors (Lipinski definition) is 5. The van der Waals surface area contributed by atoms with Crippen molar-refractivity contribution in [1.29, 1.82) is 0 Å². The lowest BCUT2D eigenvalue weighted by molar-refractivity contribution is 0.373. The Bertz CT molecular complexity index is 1150. The molecule has 5 nitrogen and oxygen atoms in total. The van der Waals surface area contributed by atoms with Crippen LogP contribution in [0.3, 0.4) is 0 Å². The number of rotatable bonds is 10. The number of nitrogen functional groups attached to an aromatic ring is 1. The van der Waals surface area contributed by atoms with Gasteiger partial charge in [-0.3, -0.25) is 0 Å². The molecule has 2 aliphatic rings. The lowest BCUT2D eigenvalue weighted by Crippen LogP contribution is -2.25. The zero-order chi connectivity index (χ0) is 26.2. The monoisotopic (exact) mass is 511 g/mol. The van der Waals surface area contributed by atoms with Crippen molar-refractivity contribution in [3.63, 3.8) is 0 Å². The topological polar surface area (TPSA) is 74.1 Å². The fourth-order valence-corrected chi connectivity index (χ4v) is 6.15. The molecule has 3 aromatic carbocycles. The summed E-state index contributed by atoms with van der Waals surface area (Å²) in [5, 5.41) is 15.3. The van der Waals surface area contributed by atoms with Crippen molar-refractivity contribution in [2.24, 2.45) is 5.92 Å². The van der Waals surface area contributed by atoms with Gasteiger partial charge in [0.1, 0.15) is 0 Å². The van der Waals surface area contributed by atoms with Crippen LogP contribution < -0.4 is 27.0 Å². The van der Waals surface area contributed by atoms with Crippen LogP contribution in [-0.4, -0.2) is 12.6 Å². The first-order valence-electron chi connectivity index (χ1n) is 14.8. The van der Waals surface area contributed by atoms with Gasteiger partial charge in [-0.25, -0.2) is 0 Å². The summed E-state index contributed by atoms with van der Waals surface area (Å²) in [6.07, 6.45) is 13.0. The van der Waals surface area contributed by atoms with Crippen LogP contribution in [0.4, 0.5) is 34.1 Å². The largest absolute Gasteiger partial charge is 0.395 e. The summed E-state index contributed by atoms with van der Waals surface area (Å²) in [5.41, 5.74) is 15.6. The van der Waals surface area contributed by atoms with E-state index in [1.54, 1.807) is 0 Å². The van der Waals surface area contributed by atoms with E-state index in [9.17, 15) is 0 Å². The van der Waals surface area contributed by atoms with Gasteiger partial charge in [-0.1, -0.05) is 87.1 Å². The second-order valence-electron chi connectivity index (χ2n) is 11.2. The highest BCUT2D eigenvalue weighted by atomic mass is 15.0. The van der Waals surface area contributed by atoms with E-state index in [1.807, 2.05) is 0 Å². The summed E-state index contributed by atoms with van der Waals surface area (Å²) in [4.78, 5) is 0. The molecule has 0 spiro atoms. The number of nitrogens with one attached hydrogen (secondary N) is 4. The first-order chi connectivity index (χ1) is 18.7. The molecular formula is C33H45N5. The van der Waals surface area contributed by atoms with E-state index in [4.69, 9.17) is 5.73 Å². The number of anilines is 6. The highest BCUT2D eigenvalue weighted by molar-refractivity contribution is 6.01. The van der Waals surface area contributed by atoms with E-state index in [1.165, 1.54) is 75.3 Å². The highest BCUT2D eigenvalue weighted by Crippen LogP contribution is 2.47. The van der Waals surface area contributed by atoms with E-state index < -0.39 is 0 Å². The molecule has 0 aliphatic heterocycles. The third kappa shape index (κ3) is 6.56. The predicted molar refractivity (Wildman–Crippen MR) is 165 cm³/mol. The molecule has 5 heteroatoms. The molecule has 3 aromatic rings. The minimum Gasteiger partial charge on any atom is -0.395 e. The van der Waals surface area contributed by atoms with Gasteiger partial charge in [-0.05, 0) is 56.2 Å². The minimum absolute atomic E-state index is 0.468. The Morgan fingerprint density at radius 3 is 2.00 bits per heavy atom. The number of nitrogens with two attached hydrogens (primary N) is 1. The van der Waals surface area contributed by atoms with Crippen molar-refractivity contribution in [3.05, 3.63) is 71.8 Å². The summed E-state index contributed by atoms with van der Waals surface area (Å²) in [7, 11) is 0. The van der Waals surface area contributed by atoms with Crippen molar-refractivity contribution in [2.45, 2.75) is 83.7 Å². The lowest BCUT2D eigenvalue weighted by atomic mass is 9.89. The fourth-order valence-electron chi connectivity index (χ4n) is 6.15. The quantitative estimate of drug-likeness (QED) is 0.176. The van der Waals surface area contributed by atoms with E-state index in [0.29, 0.717) is 12.6 Å². The minimum atomic E-state index is 0.468. The standard InChI is InChI=1S/C33H45N5/c1-24-30(35-22-25-14-6-2-7-15-25)33(38-28-20-12-5-13-21-28)29(34)32(36-23-26-16-8-3-9-17-26)31(24)37-27-18-10-4-11-19-27/h3-4,8-11,16-19,25,28,35-38H,2,5-7,12-15,20-23,34H2,1H3. The molecule has 0 amide bonds. The van der Waals surface area contributed by atoms with Crippen molar-refractivity contribution in [3.8, 4) is 0 Å². The summed E-state index contributed by atoms with van der Waals surface area (Å²) in [5.74, 6) is 0.730. The summed E-state index contributed by atoms with van der Waals surface area (Å²) < 4.78 is 0. The van der Waals surface area contributed by atoms with Gasteiger partial charge in [0.05, 0.1) is 28.4 Å². The molecule has 2 aliphatic carbocycles.